The molecule has 2 aliphatic carbocycles. The number of aliphatic carboxylic acids is 1. The van der Waals surface area contributed by atoms with Crippen LogP contribution in [0.5, 0.6) is 0 Å². The summed E-state index contributed by atoms with van der Waals surface area (Å²) in [5.74, 6) is -1.46. The van der Waals surface area contributed by atoms with Crippen LogP contribution in [0.25, 0.3) is 11.1 Å². The zero-order valence-corrected chi connectivity index (χ0v) is 18.9. The third-order valence-electron chi connectivity index (χ3n) is 7.46. The summed E-state index contributed by atoms with van der Waals surface area (Å²) >= 11 is 0. The number of ether oxygens (including phenoxy) is 1. The average Bonchev–Trinajstić information content (AvgIpc) is 3.53. The number of benzene rings is 2. The number of carboxylic acids is 1. The van der Waals surface area contributed by atoms with Crippen molar-refractivity contribution in [2.75, 3.05) is 13.2 Å². The van der Waals surface area contributed by atoms with E-state index >= 15 is 0 Å². The van der Waals surface area contributed by atoms with E-state index in [1.54, 1.807) is 6.08 Å². The topological polar surface area (TPSA) is 95.9 Å². The van der Waals surface area contributed by atoms with E-state index in [0.29, 0.717) is 13.0 Å². The lowest BCUT2D eigenvalue weighted by Crippen LogP contribution is -2.57. The number of hydrogen-bond acceptors (Lipinski definition) is 4. The standard InChI is InChI=1S/C27H28N2O5/c1-2-8-23(24(30)29-14-7-9-17-15-27(17,29)25(31)32)28-26(33)34-16-22-20-12-5-3-10-18(20)19-11-4-6-13-21(19)22/h2-6,10-13,17,22-23H,1,7-9,14-16H2,(H,28,33)(H,31,32). The van der Waals surface area contributed by atoms with E-state index < -0.39 is 29.6 Å². The van der Waals surface area contributed by atoms with Gasteiger partial charge in [-0.1, -0.05) is 54.6 Å². The molecule has 7 nitrogen and oxygen atoms in total. The molecule has 176 valence electrons. The van der Waals surface area contributed by atoms with E-state index in [1.165, 1.54) is 4.90 Å². The Balaban J connectivity index is 1.27. The summed E-state index contributed by atoms with van der Waals surface area (Å²) in [6.45, 7) is 4.21. The highest BCUT2D eigenvalue weighted by molar-refractivity contribution is 5.94. The zero-order valence-electron chi connectivity index (χ0n) is 18.9. The van der Waals surface area contributed by atoms with Crippen LogP contribution in [0.1, 0.15) is 42.7 Å². The molecule has 34 heavy (non-hydrogen) atoms. The lowest BCUT2D eigenvalue weighted by Gasteiger charge is -2.36. The van der Waals surface area contributed by atoms with E-state index in [1.807, 2.05) is 36.4 Å². The molecule has 0 spiro atoms. The highest BCUT2D eigenvalue weighted by Crippen LogP contribution is 2.54. The Hall–Kier alpha value is -3.61. The van der Waals surface area contributed by atoms with Gasteiger partial charge < -0.3 is 20.1 Å². The first-order chi connectivity index (χ1) is 16.5. The molecule has 3 unspecified atom stereocenters. The lowest BCUT2D eigenvalue weighted by molar-refractivity contribution is -0.155. The first-order valence-corrected chi connectivity index (χ1v) is 11.7. The van der Waals surface area contributed by atoms with Gasteiger partial charge in [0.25, 0.3) is 0 Å². The molecule has 0 bridgehead atoms. The van der Waals surface area contributed by atoms with Gasteiger partial charge in [-0.25, -0.2) is 9.59 Å². The molecule has 2 N–H and O–H groups in total. The normalized spacial score (nSPS) is 23.2. The molecular formula is C27H28N2O5. The summed E-state index contributed by atoms with van der Waals surface area (Å²) in [4.78, 5) is 39.5. The lowest BCUT2D eigenvalue weighted by atomic mass is 9.98. The van der Waals surface area contributed by atoms with Crippen molar-refractivity contribution in [2.45, 2.75) is 43.2 Å². The Morgan fingerprint density at radius 1 is 1.15 bits per heavy atom. The van der Waals surface area contributed by atoms with Gasteiger partial charge in [-0.2, -0.15) is 0 Å². The molecule has 1 heterocycles. The molecule has 2 fully saturated rings. The number of carbonyl (C=O) groups excluding carboxylic acids is 2. The van der Waals surface area contributed by atoms with Gasteiger partial charge in [0.1, 0.15) is 18.2 Å². The Labute approximate surface area is 198 Å². The predicted molar refractivity (Wildman–Crippen MR) is 126 cm³/mol. The van der Waals surface area contributed by atoms with E-state index in [4.69, 9.17) is 4.74 Å². The fourth-order valence-corrected chi connectivity index (χ4v) is 5.73. The van der Waals surface area contributed by atoms with E-state index in [0.717, 1.165) is 35.1 Å². The van der Waals surface area contributed by atoms with Crippen molar-refractivity contribution in [2.24, 2.45) is 5.92 Å². The number of fused-ring (bicyclic) bond motifs is 4. The maximum Gasteiger partial charge on any atom is 0.407 e. The second kappa shape index (κ2) is 8.63. The molecule has 1 saturated heterocycles. The van der Waals surface area contributed by atoms with Gasteiger partial charge in [0.2, 0.25) is 5.91 Å². The van der Waals surface area contributed by atoms with Crippen LogP contribution in [-0.2, 0) is 14.3 Å². The van der Waals surface area contributed by atoms with Crippen molar-refractivity contribution >= 4 is 18.0 Å². The number of carbonyl (C=O) groups is 3. The van der Waals surface area contributed by atoms with E-state index in [-0.39, 0.29) is 24.9 Å². The molecule has 3 atom stereocenters. The number of amides is 2. The van der Waals surface area contributed by atoms with Crippen molar-refractivity contribution in [1.29, 1.82) is 0 Å². The number of hydrogen-bond donors (Lipinski definition) is 2. The summed E-state index contributed by atoms with van der Waals surface area (Å²) in [7, 11) is 0. The van der Waals surface area contributed by atoms with Gasteiger partial charge in [-0.3, -0.25) is 4.79 Å². The molecule has 7 heteroatoms. The van der Waals surface area contributed by atoms with Gasteiger partial charge in [0.05, 0.1) is 0 Å². The zero-order chi connectivity index (χ0) is 23.9. The maximum absolute atomic E-state index is 13.3. The molecule has 1 aliphatic heterocycles. The summed E-state index contributed by atoms with van der Waals surface area (Å²) in [5.41, 5.74) is 3.35. The van der Waals surface area contributed by atoms with Crippen molar-refractivity contribution in [3.63, 3.8) is 0 Å². The van der Waals surface area contributed by atoms with Crippen LogP contribution in [0.4, 0.5) is 4.79 Å². The number of rotatable bonds is 7. The summed E-state index contributed by atoms with van der Waals surface area (Å²) < 4.78 is 5.59. The fourth-order valence-electron chi connectivity index (χ4n) is 5.73. The van der Waals surface area contributed by atoms with Crippen LogP contribution < -0.4 is 5.32 Å². The number of carboxylic acid groups (broad SMARTS) is 1. The van der Waals surface area contributed by atoms with Crippen LogP contribution in [-0.4, -0.2) is 52.7 Å². The van der Waals surface area contributed by atoms with Crippen LogP contribution in [0.2, 0.25) is 0 Å². The van der Waals surface area contributed by atoms with Gasteiger partial charge in [-0.05, 0) is 53.9 Å². The molecule has 2 aromatic rings. The number of alkyl carbamates (subject to hydrolysis) is 1. The Morgan fingerprint density at radius 3 is 2.41 bits per heavy atom. The number of likely N-dealkylation sites (tertiary alicyclic amines) is 1. The molecule has 0 aromatic heterocycles. The fraction of sp³-hybridized carbons (Fsp3) is 0.370. The van der Waals surface area contributed by atoms with Crippen LogP contribution in [0.15, 0.2) is 61.2 Å². The predicted octanol–water partition coefficient (Wildman–Crippen LogP) is 3.94. The van der Waals surface area contributed by atoms with E-state index in [9.17, 15) is 19.5 Å². The molecule has 1 saturated carbocycles. The molecule has 3 aliphatic rings. The second-order valence-electron chi connectivity index (χ2n) is 9.31. The second-order valence-corrected chi connectivity index (χ2v) is 9.31. The average molecular weight is 461 g/mol. The van der Waals surface area contributed by atoms with Crippen molar-refractivity contribution in [1.82, 2.24) is 10.2 Å². The number of nitrogens with zero attached hydrogens (tertiary/aromatic N) is 1. The van der Waals surface area contributed by atoms with Gasteiger partial charge >= 0.3 is 12.1 Å². The number of nitrogens with one attached hydrogen (secondary N) is 1. The van der Waals surface area contributed by atoms with Crippen molar-refractivity contribution in [3.05, 3.63) is 72.3 Å². The minimum absolute atomic E-state index is 0.0125. The third kappa shape index (κ3) is 3.56. The SMILES string of the molecule is C=CCC(NC(=O)OCC1c2ccccc2-c2ccccc21)C(=O)N1CCCC2CC21C(=O)O. The number of piperidine rings is 1. The minimum atomic E-state index is -1.13. The van der Waals surface area contributed by atoms with E-state index in [2.05, 4.69) is 24.0 Å². The molecule has 0 radical (unpaired) electrons. The maximum atomic E-state index is 13.3. The summed E-state index contributed by atoms with van der Waals surface area (Å²) in [6, 6.07) is 15.2. The summed E-state index contributed by atoms with van der Waals surface area (Å²) in [5, 5.41) is 12.5. The first kappa shape index (κ1) is 22.2. The van der Waals surface area contributed by atoms with Crippen molar-refractivity contribution in [3.8, 4) is 11.1 Å². The first-order valence-electron chi connectivity index (χ1n) is 11.7. The quantitative estimate of drug-likeness (QED) is 0.611. The van der Waals surface area contributed by atoms with Gasteiger partial charge in [-0.15, -0.1) is 6.58 Å². The highest BCUT2D eigenvalue weighted by Gasteiger charge is 2.67. The Kier molecular flexibility index (Phi) is 5.63. The monoisotopic (exact) mass is 460 g/mol. The minimum Gasteiger partial charge on any atom is -0.479 e. The molecule has 2 aromatic carbocycles. The molecular weight excluding hydrogens is 432 g/mol. The highest BCUT2D eigenvalue weighted by atomic mass is 16.5. The van der Waals surface area contributed by atoms with Crippen LogP contribution >= 0.6 is 0 Å². The van der Waals surface area contributed by atoms with Crippen LogP contribution in [0.3, 0.4) is 0 Å². The van der Waals surface area contributed by atoms with Crippen molar-refractivity contribution < 1.29 is 24.2 Å². The van der Waals surface area contributed by atoms with Gasteiger partial charge in [0.15, 0.2) is 0 Å². The Bertz CT molecular complexity index is 1120. The van der Waals surface area contributed by atoms with Crippen LogP contribution in [0, 0.1) is 5.92 Å². The molecule has 2 amide bonds. The third-order valence-corrected chi connectivity index (χ3v) is 7.46. The summed E-state index contributed by atoms with van der Waals surface area (Å²) in [6.07, 6.45) is 3.09. The smallest absolute Gasteiger partial charge is 0.407 e. The van der Waals surface area contributed by atoms with Gasteiger partial charge in [0, 0.05) is 12.5 Å². The molecule has 5 rings (SSSR count). The largest absolute Gasteiger partial charge is 0.479 e. The Morgan fingerprint density at radius 2 is 1.79 bits per heavy atom.